The summed E-state index contributed by atoms with van der Waals surface area (Å²) in [5.41, 5.74) is 0.750. The van der Waals surface area contributed by atoms with Crippen LogP contribution in [0.3, 0.4) is 0 Å². The van der Waals surface area contributed by atoms with Crippen LogP contribution in [-0.2, 0) is 6.18 Å². The normalized spacial score (nSPS) is 10.9. The average Bonchev–Trinajstić information content (AvgIpc) is 2.46. The first-order valence-corrected chi connectivity index (χ1v) is 5.93. The van der Waals surface area contributed by atoms with Crippen LogP contribution in [0, 0.1) is 28.5 Å². The molecule has 1 aromatic heterocycles. The van der Waals surface area contributed by atoms with Gasteiger partial charge < -0.3 is 10.7 Å². The van der Waals surface area contributed by atoms with Crippen molar-refractivity contribution in [3.8, 4) is 23.3 Å². The van der Waals surface area contributed by atoms with Crippen LogP contribution in [0.2, 0.25) is 0 Å². The Kier molecular flexibility index (Phi) is 3.81. The van der Waals surface area contributed by atoms with Crippen LogP contribution >= 0.6 is 0 Å². The lowest BCUT2D eigenvalue weighted by atomic mass is 9.94. The lowest BCUT2D eigenvalue weighted by molar-refractivity contribution is -0.137. The topological polar surface area (TPSA) is 106 Å². The quantitative estimate of drug-likeness (QED) is 0.787. The van der Waals surface area contributed by atoms with Crippen molar-refractivity contribution in [3.05, 3.63) is 51.1 Å². The van der Waals surface area contributed by atoms with Gasteiger partial charge in [0.1, 0.15) is 34.9 Å². The van der Waals surface area contributed by atoms with E-state index in [9.17, 15) is 22.4 Å². The molecule has 0 fully saturated rings. The summed E-state index contributed by atoms with van der Waals surface area (Å²) in [6.45, 7) is 0. The van der Waals surface area contributed by atoms with Crippen molar-refractivity contribution >= 4 is 5.82 Å². The molecule has 0 atom stereocenters. The summed E-state index contributed by atoms with van der Waals surface area (Å²) in [5, 5.41) is 18.1. The lowest BCUT2D eigenvalue weighted by Gasteiger charge is -2.12. The van der Waals surface area contributed by atoms with E-state index in [1.54, 1.807) is 6.07 Å². The van der Waals surface area contributed by atoms with E-state index in [4.69, 9.17) is 16.3 Å². The molecule has 2 rings (SSSR count). The molecule has 1 aromatic carbocycles. The number of rotatable bonds is 1. The molecule has 2 aromatic rings. The zero-order valence-electron chi connectivity index (χ0n) is 11.1. The smallest absolute Gasteiger partial charge is 0.384 e. The number of nitriles is 2. The molecular weight excluding hydrogens is 316 g/mol. The Morgan fingerprint density at radius 2 is 1.74 bits per heavy atom. The second-order valence-corrected chi connectivity index (χ2v) is 4.41. The third kappa shape index (κ3) is 2.72. The molecule has 0 unspecified atom stereocenters. The Balaban J connectivity index is 2.96. The molecule has 0 saturated heterocycles. The van der Waals surface area contributed by atoms with E-state index in [1.807, 2.05) is 4.98 Å². The van der Waals surface area contributed by atoms with Crippen LogP contribution in [0.4, 0.5) is 23.4 Å². The van der Waals surface area contributed by atoms with E-state index >= 15 is 0 Å². The number of nitrogens with zero attached hydrogens (tertiary/aromatic N) is 2. The van der Waals surface area contributed by atoms with Crippen molar-refractivity contribution in [1.29, 1.82) is 10.5 Å². The minimum atomic E-state index is -4.77. The number of pyridine rings is 1. The second-order valence-electron chi connectivity index (χ2n) is 4.41. The van der Waals surface area contributed by atoms with Crippen LogP contribution in [0.25, 0.3) is 11.1 Å². The van der Waals surface area contributed by atoms with Crippen molar-refractivity contribution < 1.29 is 17.6 Å². The Bertz CT molecular complexity index is 932. The van der Waals surface area contributed by atoms with Gasteiger partial charge in [0.05, 0.1) is 5.56 Å². The molecule has 0 aliphatic rings. The monoisotopic (exact) mass is 322 g/mol. The highest BCUT2D eigenvalue weighted by atomic mass is 19.4. The maximum atomic E-state index is 14.0. The molecular formula is C14H6F4N4O. The number of alkyl halides is 3. The molecule has 0 aliphatic heterocycles. The fourth-order valence-corrected chi connectivity index (χ4v) is 2.01. The van der Waals surface area contributed by atoms with Gasteiger partial charge in [-0.1, -0.05) is 0 Å². The van der Waals surface area contributed by atoms with Gasteiger partial charge in [-0.05, 0) is 18.2 Å². The first-order chi connectivity index (χ1) is 10.7. The van der Waals surface area contributed by atoms with Gasteiger partial charge >= 0.3 is 6.18 Å². The molecule has 5 nitrogen and oxygen atoms in total. The average molecular weight is 322 g/mol. The van der Waals surface area contributed by atoms with Crippen molar-refractivity contribution in [3.63, 3.8) is 0 Å². The summed E-state index contributed by atoms with van der Waals surface area (Å²) in [7, 11) is 0. The maximum absolute atomic E-state index is 14.0. The summed E-state index contributed by atoms with van der Waals surface area (Å²) >= 11 is 0. The number of nitrogens with two attached hydrogens (primary N) is 1. The summed E-state index contributed by atoms with van der Waals surface area (Å²) < 4.78 is 52.4. The summed E-state index contributed by atoms with van der Waals surface area (Å²) in [4.78, 5) is 13.7. The number of nitrogen functional groups attached to an aromatic ring is 1. The molecule has 0 aliphatic carbocycles. The Labute approximate surface area is 126 Å². The van der Waals surface area contributed by atoms with Gasteiger partial charge in [0.2, 0.25) is 0 Å². The number of aromatic nitrogens is 1. The number of H-pyrrole nitrogens is 1. The highest BCUT2D eigenvalue weighted by molar-refractivity contribution is 5.80. The third-order valence-corrected chi connectivity index (χ3v) is 3.03. The molecule has 116 valence electrons. The van der Waals surface area contributed by atoms with Crippen molar-refractivity contribution in [1.82, 2.24) is 4.98 Å². The van der Waals surface area contributed by atoms with E-state index in [1.165, 1.54) is 6.07 Å². The second kappa shape index (κ2) is 5.46. The number of hydrogen-bond donors (Lipinski definition) is 2. The van der Waals surface area contributed by atoms with Crippen LogP contribution in [-0.4, -0.2) is 4.98 Å². The lowest BCUT2D eigenvalue weighted by Crippen LogP contribution is -2.17. The molecule has 3 N–H and O–H groups in total. The van der Waals surface area contributed by atoms with E-state index in [2.05, 4.69) is 0 Å². The highest BCUT2D eigenvalue weighted by Gasteiger charge is 2.32. The standard InChI is InChI=1S/C14H6F4N4O/c15-10-2-1-6(14(16,17)18)3-7(10)11-8(4-19)12(21)22-13(23)9(11)5-20/h1-3H,(H3,21,22,23). The maximum Gasteiger partial charge on any atom is 0.416 e. The molecule has 0 bridgehead atoms. The van der Waals surface area contributed by atoms with Crippen LogP contribution in [0.1, 0.15) is 16.7 Å². The molecule has 0 saturated carbocycles. The summed E-state index contributed by atoms with van der Waals surface area (Å²) in [5.74, 6) is -1.60. The van der Waals surface area contributed by atoms with Gasteiger partial charge in [-0.3, -0.25) is 4.79 Å². The van der Waals surface area contributed by atoms with E-state index in [0.717, 1.165) is 0 Å². The van der Waals surface area contributed by atoms with Crippen molar-refractivity contribution in [2.75, 3.05) is 5.73 Å². The minimum Gasteiger partial charge on any atom is -0.384 e. The fourth-order valence-electron chi connectivity index (χ4n) is 2.01. The highest BCUT2D eigenvalue weighted by Crippen LogP contribution is 2.36. The third-order valence-electron chi connectivity index (χ3n) is 3.03. The minimum absolute atomic E-state index is 0.422. The number of hydrogen-bond acceptors (Lipinski definition) is 4. The van der Waals surface area contributed by atoms with Gasteiger partial charge in [-0.25, -0.2) is 4.39 Å². The van der Waals surface area contributed by atoms with Crippen molar-refractivity contribution in [2.45, 2.75) is 6.18 Å². The Morgan fingerprint density at radius 1 is 1.13 bits per heavy atom. The molecule has 9 heteroatoms. The fraction of sp³-hybridized carbons (Fsp3) is 0.0714. The van der Waals surface area contributed by atoms with Crippen molar-refractivity contribution in [2.24, 2.45) is 0 Å². The van der Waals surface area contributed by atoms with Gasteiger partial charge in [0.15, 0.2) is 0 Å². The molecule has 1 heterocycles. The number of halogens is 4. The first-order valence-electron chi connectivity index (χ1n) is 5.93. The summed E-state index contributed by atoms with van der Waals surface area (Å²) in [6, 6.07) is 4.48. The Morgan fingerprint density at radius 3 is 2.26 bits per heavy atom. The van der Waals surface area contributed by atoms with Crippen LogP contribution < -0.4 is 11.3 Å². The predicted molar refractivity (Wildman–Crippen MR) is 71.3 cm³/mol. The van der Waals surface area contributed by atoms with Gasteiger partial charge in [-0.15, -0.1) is 0 Å². The predicted octanol–water partition coefficient (Wildman–Crippen LogP) is 2.53. The van der Waals surface area contributed by atoms with Gasteiger partial charge in [0.25, 0.3) is 5.56 Å². The number of aromatic amines is 1. The number of anilines is 1. The first kappa shape index (κ1) is 16.0. The van der Waals surface area contributed by atoms with Crippen LogP contribution in [0.5, 0.6) is 0 Å². The van der Waals surface area contributed by atoms with Crippen LogP contribution in [0.15, 0.2) is 23.0 Å². The SMILES string of the molecule is N#Cc1c(N)[nH]c(=O)c(C#N)c1-c1cc(C(F)(F)F)ccc1F. The molecule has 0 amide bonds. The van der Waals surface area contributed by atoms with Gasteiger partial charge in [-0.2, -0.15) is 23.7 Å². The zero-order valence-corrected chi connectivity index (χ0v) is 11.1. The van der Waals surface area contributed by atoms with E-state index in [-0.39, 0.29) is 0 Å². The van der Waals surface area contributed by atoms with E-state index < -0.39 is 51.2 Å². The molecule has 0 radical (unpaired) electrons. The molecule has 0 spiro atoms. The number of nitrogens with one attached hydrogen (secondary N) is 1. The van der Waals surface area contributed by atoms with E-state index in [0.29, 0.717) is 18.2 Å². The van der Waals surface area contributed by atoms with Gasteiger partial charge in [0, 0.05) is 11.1 Å². The number of benzene rings is 1. The largest absolute Gasteiger partial charge is 0.416 e. The zero-order chi connectivity index (χ0) is 17.4. The molecule has 23 heavy (non-hydrogen) atoms. The summed E-state index contributed by atoms with van der Waals surface area (Å²) in [6.07, 6.45) is -4.77. The Hall–Kier alpha value is -3.33.